The van der Waals surface area contributed by atoms with Gasteiger partial charge in [0.2, 0.25) is 0 Å². The third kappa shape index (κ3) is 3.17. The van der Waals surface area contributed by atoms with Gasteiger partial charge in [0.05, 0.1) is 0 Å². The Morgan fingerprint density at radius 3 is 2.90 bits per heavy atom. The molecule has 0 aliphatic heterocycles. The summed E-state index contributed by atoms with van der Waals surface area (Å²) in [4.78, 5) is 22.1. The van der Waals surface area contributed by atoms with E-state index in [1.54, 1.807) is 35.0 Å². The fourth-order valence-corrected chi connectivity index (χ4v) is 1.85. The van der Waals surface area contributed by atoms with E-state index in [2.05, 4.69) is 11.9 Å². The summed E-state index contributed by atoms with van der Waals surface area (Å²) in [5.74, 6) is -0.905. The number of hydrogen-bond donors (Lipinski definition) is 2. The molecule has 0 aliphatic carbocycles. The average Bonchev–Trinajstić information content (AvgIpc) is 2.78. The highest BCUT2D eigenvalue weighted by Crippen LogP contribution is 2.20. The van der Waals surface area contributed by atoms with E-state index in [1.165, 1.54) is 6.08 Å². The van der Waals surface area contributed by atoms with E-state index in [0.717, 1.165) is 10.9 Å². The molecule has 1 heterocycles. The minimum absolute atomic E-state index is 0.0996. The first kappa shape index (κ1) is 13.7. The Hall–Kier alpha value is -2.76. The molecule has 0 radical (unpaired) electrons. The molecule has 2 rings (SSSR count). The quantitative estimate of drug-likeness (QED) is 0.821. The summed E-state index contributed by atoms with van der Waals surface area (Å²) in [6, 6.07) is 6.98. The molecule has 6 nitrogen and oxygen atoms in total. The molecular formula is C14H14N2O4. The van der Waals surface area contributed by atoms with Crippen LogP contribution in [0.4, 0.5) is 10.5 Å². The molecule has 0 unspecified atom stereocenters. The summed E-state index contributed by atoms with van der Waals surface area (Å²) in [7, 11) is 0. The summed E-state index contributed by atoms with van der Waals surface area (Å²) >= 11 is 0. The first-order valence-electron chi connectivity index (χ1n) is 5.95. The van der Waals surface area contributed by atoms with Crippen molar-refractivity contribution in [2.45, 2.75) is 6.54 Å². The summed E-state index contributed by atoms with van der Waals surface area (Å²) in [6.45, 7) is 3.49. The largest absolute Gasteiger partial charge is 0.480 e. The van der Waals surface area contributed by atoms with Crippen molar-refractivity contribution < 1.29 is 19.4 Å². The number of carboxylic acid groups (broad SMARTS) is 1. The SMILES string of the molecule is C=CCOC(=O)Nc1ccc2c(ccn2CC(=O)O)c1. The van der Waals surface area contributed by atoms with Gasteiger partial charge in [0, 0.05) is 22.8 Å². The number of rotatable bonds is 5. The van der Waals surface area contributed by atoms with Gasteiger partial charge in [0.1, 0.15) is 13.2 Å². The minimum atomic E-state index is -0.905. The number of fused-ring (bicyclic) bond motifs is 1. The standard InChI is InChI=1S/C14H14N2O4/c1-2-7-20-14(19)15-11-3-4-12-10(8-11)5-6-16(12)9-13(17)18/h2-6,8H,1,7,9H2,(H,15,19)(H,17,18). The molecule has 20 heavy (non-hydrogen) atoms. The van der Waals surface area contributed by atoms with Crippen LogP contribution in [0, 0.1) is 0 Å². The maximum atomic E-state index is 11.4. The number of hydrogen-bond acceptors (Lipinski definition) is 3. The second-order valence-corrected chi connectivity index (χ2v) is 4.12. The number of nitrogens with one attached hydrogen (secondary N) is 1. The van der Waals surface area contributed by atoms with Gasteiger partial charge in [-0.15, -0.1) is 0 Å². The number of anilines is 1. The topological polar surface area (TPSA) is 80.6 Å². The Balaban J connectivity index is 2.16. The Morgan fingerprint density at radius 2 is 2.20 bits per heavy atom. The van der Waals surface area contributed by atoms with E-state index >= 15 is 0 Å². The zero-order valence-electron chi connectivity index (χ0n) is 10.7. The van der Waals surface area contributed by atoms with E-state index in [0.29, 0.717) is 5.69 Å². The predicted octanol–water partition coefficient (Wildman–Crippen LogP) is 2.46. The number of carbonyl (C=O) groups excluding carboxylic acids is 1. The van der Waals surface area contributed by atoms with Crippen LogP contribution in [0.3, 0.4) is 0 Å². The molecule has 0 fully saturated rings. The van der Waals surface area contributed by atoms with E-state index in [-0.39, 0.29) is 13.2 Å². The lowest BCUT2D eigenvalue weighted by Gasteiger charge is -2.06. The maximum absolute atomic E-state index is 11.4. The van der Waals surface area contributed by atoms with Crippen LogP contribution >= 0.6 is 0 Å². The monoisotopic (exact) mass is 274 g/mol. The zero-order valence-corrected chi connectivity index (χ0v) is 10.7. The third-order valence-electron chi connectivity index (χ3n) is 2.66. The van der Waals surface area contributed by atoms with Gasteiger partial charge in [-0.3, -0.25) is 10.1 Å². The van der Waals surface area contributed by atoms with E-state index in [1.807, 2.05) is 0 Å². The Kier molecular flexibility index (Phi) is 4.05. The second kappa shape index (κ2) is 5.92. The van der Waals surface area contributed by atoms with Gasteiger partial charge in [-0.25, -0.2) is 4.79 Å². The maximum Gasteiger partial charge on any atom is 0.411 e. The highest BCUT2D eigenvalue weighted by Gasteiger charge is 2.07. The molecule has 0 saturated heterocycles. The van der Waals surface area contributed by atoms with Crippen LogP contribution in [0.15, 0.2) is 43.1 Å². The molecule has 2 aromatic rings. The van der Waals surface area contributed by atoms with Gasteiger partial charge in [0.25, 0.3) is 0 Å². The predicted molar refractivity (Wildman–Crippen MR) is 74.7 cm³/mol. The van der Waals surface area contributed by atoms with Crippen molar-refractivity contribution in [1.29, 1.82) is 0 Å². The molecule has 2 N–H and O–H groups in total. The van der Waals surface area contributed by atoms with Gasteiger partial charge in [0.15, 0.2) is 0 Å². The third-order valence-corrected chi connectivity index (χ3v) is 2.66. The summed E-state index contributed by atoms with van der Waals surface area (Å²) < 4.78 is 6.44. The highest BCUT2D eigenvalue weighted by molar-refractivity contribution is 5.90. The Labute approximate surface area is 115 Å². The molecule has 0 atom stereocenters. The lowest BCUT2D eigenvalue weighted by Crippen LogP contribution is -2.13. The van der Waals surface area contributed by atoms with E-state index in [9.17, 15) is 9.59 Å². The summed E-state index contributed by atoms with van der Waals surface area (Å²) in [6.07, 6.45) is 2.61. The molecule has 104 valence electrons. The van der Waals surface area contributed by atoms with Gasteiger partial charge in [-0.05, 0) is 24.3 Å². The number of aliphatic carboxylic acids is 1. The van der Waals surface area contributed by atoms with Gasteiger partial charge >= 0.3 is 12.1 Å². The van der Waals surface area contributed by atoms with Gasteiger partial charge in [-0.2, -0.15) is 0 Å². The van der Waals surface area contributed by atoms with Gasteiger partial charge in [-0.1, -0.05) is 12.7 Å². The molecule has 1 aromatic carbocycles. The lowest BCUT2D eigenvalue weighted by molar-refractivity contribution is -0.137. The van der Waals surface area contributed by atoms with Crippen LogP contribution in [-0.2, 0) is 16.1 Å². The number of carbonyl (C=O) groups is 2. The molecule has 1 aromatic heterocycles. The summed E-state index contributed by atoms with van der Waals surface area (Å²) in [5.41, 5.74) is 1.37. The first-order valence-corrected chi connectivity index (χ1v) is 5.95. The van der Waals surface area contributed by atoms with Crippen LogP contribution in [0.2, 0.25) is 0 Å². The first-order chi connectivity index (χ1) is 9.60. The Bertz CT molecular complexity index is 660. The lowest BCUT2D eigenvalue weighted by atomic mass is 10.2. The van der Waals surface area contributed by atoms with Crippen LogP contribution in [0.25, 0.3) is 10.9 Å². The fraction of sp³-hybridized carbons (Fsp3) is 0.143. The highest BCUT2D eigenvalue weighted by atomic mass is 16.5. The number of carboxylic acids is 1. The Morgan fingerprint density at radius 1 is 1.40 bits per heavy atom. The van der Waals surface area contributed by atoms with Crippen molar-refractivity contribution >= 4 is 28.7 Å². The second-order valence-electron chi connectivity index (χ2n) is 4.12. The van der Waals surface area contributed by atoms with E-state index in [4.69, 9.17) is 9.84 Å². The number of nitrogens with zero attached hydrogens (tertiary/aromatic N) is 1. The molecule has 0 saturated carbocycles. The smallest absolute Gasteiger partial charge is 0.411 e. The normalized spacial score (nSPS) is 10.2. The van der Waals surface area contributed by atoms with Crippen LogP contribution in [0.5, 0.6) is 0 Å². The number of aromatic nitrogens is 1. The van der Waals surface area contributed by atoms with Crippen molar-refractivity contribution in [1.82, 2.24) is 4.57 Å². The minimum Gasteiger partial charge on any atom is -0.480 e. The van der Waals surface area contributed by atoms with E-state index < -0.39 is 12.1 Å². The van der Waals surface area contributed by atoms with Crippen LogP contribution in [-0.4, -0.2) is 28.3 Å². The number of amides is 1. The molecule has 0 bridgehead atoms. The van der Waals surface area contributed by atoms with Gasteiger partial charge < -0.3 is 14.4 Å². The zero-order chi connectivity index (χ0) is 14.5. The van der Waals surface area contributed by atoms with Crippen molar-refractivity contribution in [2.75, 3.05) is 11.9 Å². The molecule has 1 amide bonds. The molecule has 6 heteroatoms. The van der Waals surface area contributed by atoms with Crippen molar-refractivity contribution in [3.05, 3.63) is 43.1 Å². The van der Waals surface area contributed by atoms with Crippen molar-refractivity contribution in [3.8, 4) is 0 Å². The fourth-order valence-electron chi connectivity index (χ4n) is 1.85. The van der Waals surface area contributed by atoms with Crippen LogP contribution < -0.4 is 5.32 Å². The number of ether oxygens (including phenoxy) is 1. The van der Waals surface area contributed by atoms with Crippen molar-refractivity contribution in [3.63, 3.8) is 0 Å². The van der Waals surface area contributed by atoms with Crippen LogP contribution in [0.1, 0.15) is 0 Å². The molecule has 0 aliphatic rings. The molecular weight excluding hydrogens is 260 g/mol. The van der Waals surface area contributed by atoms with Crippen molar-refractivity contribution in [2.24, 2.45) is 0 Å². The number of benzene rings is 1. The molecule has 0 spiro atoms. The summed E-state index contributed by atoms with van der Waals surface area (Å²) in [5, 5.41) is 12.2. The average molecular weight is 274 g/mol.